The van der Waals surface area contributed by atoms with Gasteiger partial charge in [0.2, 0.25) is 0 Å². The first-order valence-electron chi connectivity index (χ1n) is 3.91. The number of fused-ring (bicyclic) bond motifs is 1. The average Bonchev–Trinajstić information content (AvgIpc) is 2.31. The molecule has 3 heteroatoms. The van der Waals surface area contributed by atoms with E-state index in [0.29, 0.717) is 5.89 Å². The molecule has 1 aromatic heterocycles. The topological polar surface area (TPSA) is 46.3 Å². The van der Waals surface area contributed by atoms with Crippen molar-refractivity contribution in [3.8, 4) is 0 Å². The Kier molecular flexibility index (Phi) is 1.46. The molecule has 0 aliphatic heterocycles. The van der Waals surface area contributed by atoms with Crippen LogP contribution in [0.15, 0.2) is 4.42 Å². The molecule has 0 saturated carbocycles. The lowest BCUT2D eigenvalue weighted by Gasteiger charge is -2.13. The third-order valence-corrected chi connectivity index (χ3v) is 2.03. The molecular formula is C8H11NO2. The zero-order valence-electron chi connectivity index (χ0n) is 6.50. The zero-order chi connectivity index (χ0) is 7.84. The Labute approximate surface area is 65.1 Å². The second kappa shape index (κ2) is 2.34. The smallest absolute Gasteiger partial charge is 0.191 e. The number of aliphatic hydroxyl groups excluding tert-OH is 1. The summed E-state index contributed by atoms with van der Waals surface area (Å²) in [5.41, 5.74) is 0.758. The van der Waals surface area contributed by atoms with E-state index in [0.717, 1.165) is 30.7 Å². The monoisotopic (exact) mass is 153 g/mol. The highest BCUT2D eigenvalue weighted by atomic mass is 16.4. The second-order valence-electron chi connectivity index (χ2n) is 2.95. The molecule has 0 unspecified atom stereocenters. The van der Waals surface area contributed by atoms with E-state index in [2.05, 4.69) is 4.98 Å². The lowest BCUT2D eigenvalue weighted by molar-refractivity contribution is 0.149. The fraction of sp³-hybridized carbons (Fsp3) is 0.625. The predicted molar refractivity (Wildman–Crippen MR) is 39.1 cm³/mol. The number of rotatable bonds is 0. The molecular weight excluding hydrogens is 142 g/mol. The molecule has 3 nitrogen and oxygen atoms in total. The summed E-state index contributed by atoms with van der Waals surface area (Å²) in [5.74, 6) is 1.54. The van der Waals surface area contributed by atoms with Gasteiger partial charge in [-0.05, 0) is 12.8 Å². The third-order valence-electron chi connectivity index (χ3n) is 2.03. The Morgan fingerprint density at radius 2 is 2.45 bits per heavy atom. The van der Waals surface area contributed by atoms with E-state index in [1.54, 1.807) is 0 Å². The van der Waals surface area contributed by atoms with Gasteiger partial charge in [0.1, 0.15) is 11.5 Å². The molecule has 0 saturated heterocycles. The van der Waals surface area contributed by atoms with Gasteiger partial charge in [-0.15, -0.1) is 0 Å². The van der Waals surface area contributed by atoms with Crippen molar-refractivity contribution in [1.82, 2.24) is 4.98 Å². The number of hydrogen-bond acceptors (Lipinski definition) is 3. The van der Waals surface area contributed by atoms with Gasteiger partial charge in [-0.3, -0.25) is 0 Å². The minimum absolute atomic E-state index is 0.392. The van der Waals surface area contributed by atoms with Gasteiger partial charge in [-0.2, -0.15) is 0 Å². The van der Waals surface area contributed by atoms with Crippen LogP contribution in [-0.4, -0.2) is 10.1 Å². The van der Waals surface area contributed by atoms with E-state index >= 15 is 0 Å². The number of aromatic nitrogens is 1. The van der Waals surface area contributed by atoms with Gasteiger partial charge >= 0.3 is 0 Å². The normalized spacial score (nSPS) is 23.3. The SMILES string of the molecule is Cc1nc2c(o1)CCC[C@@H]2O. The van der Waals surface area contributed by atoms with Crippen LogP contribution in [0.4, 0.5) is 0 Å². The van der Waals surface area contributed by atoms with Gasteiger partial charge in [0.25, 0.3) is 0 Å². The highest BCUT2D eigenvalue weighted by Crippen LogP contribution is 2.28. The molecule has 11 heavy (non-hydrogen) atoms. The predicted octanol–water partition coefficient (Wildman–Crippen LogP) is 1.35. The van der Waals surface area contributed by atoms with Crippen molar-refractivity contribution in [2.45, 2.75) is 32.3 Å². The van der Waals surface area contributed by atoms with Crippen LogP contribution in [0, 0.1) is 6.92 Å². The molecule has 0 radical (unpaired) electrons. The van der Waals surface area contributed by atoms with E-state index < -0.39 is 6.10 Å². The summed E-state index contributed by atoms with van der Waals surface area (Å²) >= 11 is 0. The maximum absolute atomic E-state index is 9.45. The third kappa shape index (κ3) is 1.05. The molecule has 0 spiro atoms. The number of nitrogens with zero attached hydrogens (tertiary/aromatic N) is 1. The van der Waals surface area contributed by atoms with E-state index in [-0.39, 0.29) is 0 Å². The average molecular weight is 153 g/mol. The standard InChI is InChI=1S/C8H11NO2/c1-5-9-8-6(10)3-2-4-7(8)11-5/h6,10H,2-4H2,1H3/t6-/m0/s1. The van der Waals surface area contributed by atoms with Crippen LogP contribution in [0.2, 0.25) is 0 Å². The van der Waals surface area contributed by atoms with Gasteiger partial charge in [-0.1, -0.05) is 0 Å². The Hall–Kier alpha value is -0.830. The van der Waals surface area contributed by atoms with Crippen molar-refractivity contribution in [1.29, 1.82) is 0 Å². The molecule has 1 atom stereocenters. The molecule has 60 valence electrons. The number of aryl methyl sites for hydroxylation is 2. The summed E-state index contributed by atoms with van der Waals surface area (Å²) in [7, 11) is 0. The quantitative estimate of drug-likeness (QED) is 0.612. The van der Waals surface area contributed by atoms with Crippen molar-refractivity contribution < 1.29 is 9.52 Å². The van der Waals surface area contributed by atoms with Gasteiger partial charge < -0.3 is 9.52 Å². The molecule has 1 aliphatic carbocycles. The van der Waals surface area contributed by atoms with Crippen LogP contribution in [-0.2, 0) is 6.42 Å². The van der Waals surface area contributed by atoms with Crippen molar-refractivity contribution in [2.24, 2.45) is 0 Å². The Bertz CT molecular complexity index is 267. The first-order valence-corrected chi connectivity index (χ1v) is 3.91. The van der Waals surface area contributed by atoms with E-state index in [4.69, 9.17) is 4.42 Å². The molecule has 1 aromatic rings. The molecule has 2 rings (SSSR count). The van der Waals surface area contributed by atoms with Crippen LogP contribution in [0.1, 0.15) is 36.3 Å². The summed E-state index contributed by atoms with van der Waals surface area (Å²) in [5, 5.41) is 9.45. The van der Waals surface area contributed by atoms with E-state index in [9.17, 15) is 5.11 Å². The second-order valence-corrected chi connectivity index (χ2v) is 2.95. The Morgan fingerprint density at radius 1 is 1.64 bits per heavy atom. The van der Waals surface area contributed by atoms with Crippen molar-refractivity contribution in [3.63, 3.8) is 0 Å². The molecule has 0 fully saturated rings. The summed E-state index contributed by atoms with van der Waals surface area (Å²) in [6, 6.07) is 0. The Morgan fingerprint density at radius 3 is 3.18 bits per heavy atom. The fourth-order valence-corrected chi connectivity index (χ4v) is 1.52. The summed E-state index contributed by atoms with van der Waals surface area (Å²) in [4.78, 5) is 4.12. The van der Waals surface area contributed by atoms with Crippen LogP contribution in [0.3, 0.4) is 0 Å². The summed E-state index contributed by atoms with van der Waals surface area (Å²) < 4.78 is 5.31. The van der Waals surface area contributed by atoms with Crippen molar-refractivity contribution in [3.05, 3.63) is 17.3 Å². The first kappa shape index (κ1) is 6.85. The van der Waals surface area contributed by atoms with Gasteiger partial charge in [-0.25, -0.2) is 4.98 Å². The minimum atomic E-state index is -0.392. The molecule has 0 bridgehead atoms. The summed E-state index contributed by atoms with van der Waals surface area (Å²) in [6.07, 6.45) is 2.35. The van der Waals surface area contributed by atoms with Crippen molar-refractivity contribution >= 4 is 0 Å². The molecule has 0 aromatic carbocycles. The van der Waals surface area contributed by atoms with Gasteiger partial charge in [0.05, 0.1) is 6.10 Å². The van der Waals surface area contributed by atoms with Crippen molar-refractivity contribution in [2.75, 3.05) is 0 Å². The maximum atomic E-state index is 9.45. The number of aliphatic hydroxyl groups is 1. The van der Waals surface area contributed by atoms with Crippen LogP contribution < -0.4 is 0 Å². The van der Waals surface area contributed by atoms with Crippen LogP contribution >= 0.6 is 0 Å². The molecule has 1 heterocycles. The number of hydrogen-bond donors (Lipinski definition) is 1. The Balaban J connectivity index is 2.43. The van der Waals surface area contributed by atoms with E-state index in [1.807, 2.05) is 6.92 Å². The van der Waals surface area contributed by atoms with Crippen LogP contribution in [0.5, 0.6) is 0 Å². The first-order chi connectivity index (χ1) is 5.27. The lowest BCUT2D eigenvalue weighted by Crippen LogP contribution is -2.07. The van der Waals surface area contributed by atoms with Gasteiger partial charge in [0.15, 0.2) is 5.89 Å². The lowest BCUT2D eigenvalue weighted by atomic mass is 10.00. The van der Waals surface area contributed by atoms with E-state index in [1.165, 1.54) is 0 Å². The highest BCUT2D eigenvalue weighted by Gasteiger charge is 2.22. The largest absolute Gasteiger partial charge is 0.446 e. The maximum Gasteiger partial charge on any atom is 0.191 e. The molecule has 0 amide bonds. The van der Waals surface area contributed by atoms with Crippen LogP contribution in [0.25, 0.3) is 0 Å². The molecule has 1 N–H and O–H groups in total. The fourth-order valence-electron chi connectivity index (χ4n) is 1.52. The zero-order valence-corrected chi connectivity index (χ0v) is 6.50. The number of oxazole rings is 1. The highest BCUT2D eigenvalue weighted by molar-refractivity contribution is 5.15. The minimum Gasteiger partial charge on any atom is -0.446 e. The molecule has 1 aliphatic rings. The summed E-state index contributed by atoms with van der Waals surface area (Å²) in [6.45, 7) is 1.81. The van der Waals surface area contributed by atoms with Gasteiger partial charge in [0, 0.05) is 13.3 Å².